The molecule has 143 heavy (non-hydrogen) atoms. The van der Waals surface area contributed by atoms with Crippen LogP contribution >= 0.6 is 0 Å². The van der Waals surface area contributed by atoms with Crippen molar-refractivity contribution in [2.75, 3.05) is 0 Å². The quantitative estimate of drug-likeness (QED) is 0.00804. The molecule has 16 heteroatoms. The number of hydrogen-bond acceptors (Lipinski definition) is 8. The molecule has 0 aliphatic heterocycles. The zero-order valence-corrected chi connectivity index (χ0v) is 88.4. The molecule has 4 unspecified atom stereocenters. The summed E-state index contributed by atoms with van der Waals surface area (Å²) in [4.78, 5) is 48.8. The number of aliphatic hydroxyl groups excluding tert-OH is 1. The van der Waals surface area contributed by atoms with E-state index < -0.39 is 0 Å². The summed E-state index contributed by atoms with van der Waals surface area (Å²) in [5.74, 6) is 6.62. The predicted molar refractivity (Wildman–Crippen MR) is 570 cm³/mol. The molecular weight excluding hydrogens is 1960 g/mol. The van der Waals surface area contributed by atoms with Crippen molar-refractivity contribution in [3.05, 3.63) is 410 Å². The Labute approximate surface area is 895 Å². The molecule has 2 N–H and O–H groups in total. The molecule has 0 radical (unpaired) electrons. The van der Waals surface area contributed by atoms with Gasteiger partial charge in [0.25, 0.3) is 6.47 Å². The van der Waals surface area contributed by atoms with Gasteiger partial charge in [0.15, 0.2) is 0 Å². The van der Waals surface area contributed by atoms with E-state index >= 15 is 0 Å². The summed E-state index contributed by atoms with van der Waals surface area (Å²) in [6.45, 7) is 5.63. The van der Waals surface area contributed by atoms with E-state index in [0.29, 0.717) is 0 Å². The third-order valence-corrected chi connectivity index (χ3v) is 30.0. The van der Waals surface area contributed by atoms with Crippen LogP contribution in [0.25, 0.3) is 155 Å². The molecule has 6 aliphatic rings. The first-order valence-electron chi connectivity index (χ1n) is 49.5. The van der Waals surface area contributed by atoms with Crippen molar-refractivity contribution in [1.29, 1.82) is 0 Å². The average molecular weight is 2080 g/mol. The van der Waals surface area contributed by atoms with Gasteiger partial charge in [-0.3, -0.25) is 19.2 Å². The van der Waals surface area contributed by atoms with Crippen LogP contribution in [-0.2, 0) is 65.1 Å². The molecule has 20 aromatic rings. The minimum atomic E-state index is -0.181. The van der Waals surface area contributed by atoms with Gasteiger partial charge in [0.1, 0.15) is 11.6 Å². The Morgan fingerprint density at radius 3 is 0.874 bits per heavy atom. The Morgan fingerprint density at radius 1 is 0.371 bits per heavy atom. The Bertz CT molecular complexity index is 7330. The number of carbonyl (C=O) groups excluding carboxylic acids is 4. The molecule has 0 amide bonds. The van der Waals surface area contributed by atoms with E-state index in [1.807, 2.05) is 24.5 Å². The van der Waals surface area contributed by atoms with E-state index in [1.54, 1.807) is 0 Å². The maximum atomic E-state index is 10.0. The number of allylic oxidation sites excluding steroid dienone is 2. The van der Waals surface area contributed by atoms with E-state index in [4.69, 9.17) is 20.0 Å². The van der Waals surface area contributed by atoms with Crippen molar-refractivity contribution in [1.82, 2.24) is 28.2 Å². The van der Waals surface area contributed by atoms with Gasteiger partial charge in [0, 0.05) is 78.2 Å². The van der Waals surface area contributed by atoms with Gasteiger partial charge in [-0.25, -0.2) is 0 Å². The molecule has 0 spiro atoms. The number of carbonyl (C=O) groups is 3. The Hall–Kier alpha value is -12.8. The van der Waals surface area contributed by atoms with Crippen LogP contribution in [0.5, 0.6) is 0 Å². The Morgan fingerprint density at radius 2 is 0.636 bits per heavy atom. The minimum Gasteiger partial charge on any atom is -3.00 e. The van der Waals surface area contributed by atoms with Crippen LogP contribution in [0.15, 0.2) is 376 Å². The summed E-state index contributed by atoms with van der Waals surface area (Å²) < 4.78 is 9.67. The minimum absolute atomic E-state index is 0. The number of aromatic nitrogens is 6. The van der Waals surface area contributed by atoms with Crippen molar-refractivity contribution in [2.45, 2.75) is 124 Å². The summed E-state index contributed by atoms with van der Waals surface area (Å²) in [5, 5.41) is 27.3. The van der Waals surface area contributed by atoms with Crippen LogP contribution in [0.3, 0.4) is 0 Å². The molecule has 13 nitrogen and oxygen atoms in total. The van der Waals surface area contributed by atoms with E-state index in [2.05, 4.69) is 385 Å². The Balaban J connectivity index is 0.000000172. The molecule has 6 saturated carbocycles. The number of para-hydroxylation sites is 6. The molecule has 6 aromatic heterocycles. The van der Waals surface area contributed by atoms with Gasteiger partial charge in [-0.15, -0.1) is 70.8 Å². The molecule has 6 fully saturated rings. The Kier molecular flexibility index (Phi) is 33.2. The fourth-order valence-electron chi connectivity index (χ4n) is 23.9. The van der Waals surface area contributed by atoms with Crippen LogP contribution in [-0.4, -0.2) is 62.0 Å². The summed E-state index contributed by atoms with van der Waals surface area (Å²) in [6.07, 6.45) is 23.5. The molecule has 6 aliphatic carbocycles. The van der Waals surface area contributed by atoms with Crippen LogP contribution in [0.2, 0.25) is 0 Å². The first-order valence-corrected chi connectivity index (χ1v) is 49.5. The summed E-state index contributed by atoms with van der Waals surface area (Å²) in [6, 6.07) is 137. The standard InChI is InChI=1S/2C58H48N3.2C5H8O2.CH2O3.Ir.2Na.H/c2*1-4-13-55-49(9-1)50-10-2-5-14-56(50)60(55)46-30-26-41(27-31-46)42-28-32-47(33-29-42)61-57-15-6-3-11-51(57)53-38-40(19-35-58(53)61)18-34-48-43-22-24-44(25-23-43)52(48)37-39-16-20-45(21-17-39)54-12-7-8-36-59-54;2*1-4(6)3-5(2)7;2-1-4-3;;;;/h2*1-17,19-20,26-33,35-36,38,43-44,48,52H,18,22-25,34,37H2;3H2,1-2H3;3,6H,1-2H3;1,3H;;;;/q2*-1;;;;-3;2*+1;-1. The zero-order valence-electron chi connectivity index (χ0n) is 83.0. The number of fused-ring (bicyclic) bond motifs is 18. The van der Waals surface area contributed by atoms with Gasteiger partial charge in [0.2, 0.25) is 0 Å². The van der Waals surface area contributed by atoms with Crippen LogP contribution in [0.1, 0.15) is 122 Å². The van der Waals surface area contributed by atoms with Crippen molar-refractivity contribution in [3.63, 3.8) is 0 Å². The molecule has 710 valence electrons. The van der Waals surface area contributed by atoms with Crippen molar-refractivity contribution >= 4 is 111 Å². The number of hydrogen-bond donors (Lipinski definition) is 1. The number of aryl methyl sites for hydroxylation is 2. The third kappa shape index (κ3) is 22.3. The van der Waals surface area contributed by atoms with E-state index in [0.717, 1.165) is 82.7 Å². The van der Waals surface area contributed by atoms with Crippen molar-refractivity contribution < 1.29 is 115 Å². The van der Waals surface area contributed by atoms with Gasteiger partial charge in [-0.2, -0.15) is 0 Å². The maximum Gasteiger partial charge on any atom is 1.00 e. The predicted octanol–water partition coefficient (Wildman–Crippen LogP) is 23.4. The largest absolute Gasteiger partial charge is 3.00 e. The molecule has 4 atom stereocenters. The second kappa shape index (κ2) is 46.7. The SMILES string of the molecule is CC(=O)CC(C)=O.CC(=[OH+])C=C(C)O.O=CO[O-].[H-].[Ir-3].[Na+].[Na+].[c-]1cc(CC2C3CCC(CC3)C2CCc2ccc3c(c2)c2ccccc2n3-c2ccc(-c3ccc(-n4c5ccccc5c5ccccc54)cc3)cc2)ccc1-c1ccccn1.[c-]1cc(CC2C3CCC(CC3)C2CCc2ccc3c(c2)c2ccccc2n3-c2ccc(-c3ccc(-n4c5ccccc5c5ccccc54)cc3)cc2)ccc1-c1ccccn1. The number of rotatable bonds is 22. The molecule has 14 aromatic carbocycles. The monoisotopic (exact) mass is 2070 g/mol. The fraction of sp³-hybridized carbons (Fsp3) is 0.213. The number of nitrogens with zero attached hydrogens (tertiary/aromatic N) is 6. The second-order valence-electron chi connectivity index (χ2n) is 38.7. The number of Topliss-reactive ketones (excluding diaryl/α,β-unsaturated/α-hetero) is 2. The van der Waals surface area contributed by atoms with Crippen molar-refractivity contribution in [2.24, 2.45) is 47.3 Å². The van der Waals surface area contributed by atoms with Crippen molar-refractivity contribution in [3.8, 4) is 67.5 Å². The fourth-order valence-corrected chi connectivity index (χ4v) is 23.9. The summed E-state index contributed by atoms with van der Waals surface area (Å²) in [7, 11) is 0. The van der Waals surface area contributed by atoms with E-state index in [1.165, 1.54) is 265 Å². The van der Waals surface area contributed by atoms with Crippen LogP contribution in [0, 0.1) is 59.5 Å². The van der Waals surface area contributed by atoms with Gasteiger partial charge in [-0.05, 0) is 311 Å². The number of benzene rings is 14. The first-order chi connectivity index (χ1) is 68.6. The van der Waals surface area contributed by atoms with Crippen LogP contribution < -0.4 is 64.4 Å². The summed E-state index contributed by atoms with van der Waals surface area (Å²) in [5.41, 5.74) is 29.5. The topological polar surface area (TPSA) is 171 Å². The number of aliphatic hydroxyl groups is 1. The molecule has 6 heterocycles. The molecule has 26 rings (SSSR count). The summed E-state index contributed by atoms with van der Waals surface area (Å²) >= 11 is 0. The van der Waals surface area contributed by atoms with Gasteiger partial charge in [-0.1, -0.05) is 207 Å². The normalized spacial score (nSPS) is 17.1. The molecule has 4 bridgehead atoms. The third-order valence-electron chi connectivity index (χ3n) is 30.0. The molecular formula is C127H115IrN6Na2O7-4. The smallest absolute Gasteiger partial charge is 1.00 e. The number of ketones is 3. The number of pyridine rings is 2. The van der Waals surface area contributed by atoms with Gasteiger partial charge >= 0.3 is 64.9 Å². The average Bonchev–Trinajstić information content (AvgIpc) is 1.52. The molecule has 0 saturated heterocycles. The first kappa shape index (κ1) is 102. The van der Waals surface area contributed by atoms with E-state index in [-0.39, 0.29) is 117 Å². The zero-order chi connectivity index (χ0) is 95.7. The second-order valence-corrected chi connectivity index (χ2v) is 38.7. The maximum absolute atomic E-state index is 10.0. The van der Waals surface area contributed by atoms with Crippen LogP contribution in [0.4, 0.5) is 0 Å². The van der Waals surface area contributed by atoms with Gasteiger partial charge in [0.05, 0.1) is 69.3 Å². The van der Waals surface area contributed by atoms with Gasteiger partial charge < -0.3 is 65.0 Å². The van der Waals surface area contributed by atoms with E-state index in [9.17, 15) is 9.59 Å².